The van der Waals surface area contributed by atoms with E-state index >= 15 is 8.63 Å². The summed E-state index contributed by atoms with van der Waals surface area (Å²) < 4.78 is 45.7. The number of fused-ring (bicyclic) bond motifs is 2. The van der Waals surface area contributed by atoms with Crippen molar-refractivity contribution in [3.63, 3.8) is 0 Å². The summed E-state index contributed by atoms with van der Waals surface area (Å²) in [6.45, 7) is 3.17. The molecule has 5 N–H and O–H groups in total. The number of carbonyl (C=O) groups excluding carboxylic acids is 5. The van der Waals surface area contributed by atoms with Crippen LogP contribution < -0.4 is 26.4 Å². The number of nitrogens with zero attached hydrogens (tertiary/aromatic N) is 2. The molecule has 13 nitrogen and oxygen atoms in total. The Bertz CT molecular complexity index is 2570. The molecule has 2 atom stereocenters. The van der Waals surface area contributed by atoms with Gasteiger partial charge in [0.05, 0.1) is 24.8 Å². The highest BCUT2D eigenvalue weighted by molar-refractivity contribution is 6.58. The van der Waals surface area contributed by atoms with Gasteiger partial charge in [-0.2, -0.15) is 0 Å². The summed E-state index contributed by atoms with van der Waals surface area (Å²) in [4.78, 5) is 64.8. The molecule has 3 heterocycles. The number of ketones is 1. The Labute approximate surface area is 397 Å². The summed E-state index contributed by atoms with van der Waals surface area (Å²) in [5, 5.41) is 8.60. The lowest BCUT2D eigenvalue weighted by Gasteiger charge is -2.31. The zero-order valence-corrected chi connectivity index (χ0v) is 39.7. The molecule has 0 bridgehead atoms. The van der Waals surface area contributed by atoms with E-state index in [-0.39, 0.29) is 31.1 Å². The van der Waals surface area contributed by atoms with E-state index < -0.39 is 43.3 Å². The lowest BCUT2D eigenvalue weighted by molar-refractivity contribution is -0.362. The van der Waals surface area contributed by atoms with Crippen molar-refractivity contribution in [1.29, 1.82) is 0 Å². The number of carbonyl (C=O) groups is 5. The van der Waals surface area contributed by atoms with Crippen LogP contribution in [0.15, 0.2) is 102 Å². The summed E-state index contributed by atoms with van der Waals surface area (Å²) in [5.41, 5.74) is 12.8. The average Bonchev–Trinajstić information content (AvgIpc) is 3.86. The average molecular weight is 933 g/mol. The Morgan fingerprint density at radius 3 is 2.12 bits per heavy atom. The van der Waals surface area contributed by atoms with Gasteiger partial charge in [-0.1, -0.05) is 55.0 Å². The summed E-state index contributed by atoms with van der Waals surface area (Å²) in [6, 6.07) is 23.3. The number of unbranched alkanes of at least 4 members (excludes halogenated alkanes) is 3. The third-order valence-corrected chi connectivity index (χ3v) is 12.8. The molecule has 0 radical (unpaired) electrons. The molecule has 3 amide bonds. The summed E-state index contributed by atoms with van der Waals surface area (Å²) in [5.74, 6) is -1.21. The number of methoxy groups -OCH3 is 1. The predicted molar refractivity (Wildman–Crippen MR) is 260 cm³/mol. The number of hydrogen-bond acceptors (Lipinski definition) is 8. The monoisotopic (exact) mass is 932 g/mol. The molecule has 68 heavy (non-hydrogen) atoms. The normalized spacial score (nSPS) is 14.6. The van der Waals surface area contributed by atoms with Crippen LogP contribution in [0.4, 0.5) is 8.63 Å². The number of halogens is 2. The summed E-state index contributed by atoms with van der Waals surface area (Å²) >= 11 is 0. The van der Waals surface area contributed by atoms with Gasteiger partial charge in [0.1, 0.15) is 11.5 Å². The van der Waals surface area contributed by atoms with Crippen molar-refractivity contribution in [2.24, 2.45) is 5.73 Å². The molecule has 0 aliphatic carbocycles. The largest absolute Gasteiger partial charge is 0.737 e. The van der Waals surface area contributed by atoms with Gasteiger partial charge in [0.25, 0.3) is 0 Å². The Kier molecular flexibility index (Phi) is 17.4. The van der Waals surface area contributed by atoms with Crippen LogP contribution in [0.25, 0.3) is 17.3 Å². The highest BCUT2D eigenvalue weighted by Crippen LogP contribution is 2.41. The third-order valence-electron chi connectivity index (χ3n) is 12.8. The van der Waals surface area contributed by atoms with E-state index in [9.17, 15) is 24.0 Å². The van der Waals surface area contributed by atoms with Crippen molar-refractivity contribution in [2.75, 3.05) is 26.8 Å². The second kappa shape index (κ2) is 23.4. The van der Waals surface area contributed by atoms with E-state index in [1.807, 2.05) is 43.3 Å². The van der Waals surface area contributed by atoms with Gasteiger partial charge >= 0.3 is 12.9 Å². The van der Waals surface area contributed by atoms with E-state index in [1.165, 1.54) is 0 Å². The minimum Gasteiger partial charge on any atom is -0.497 e. The first kappa shape index (κ1) is 50.7. The fourth-order valence-electron chi connectivity index (χ4n) is 8.99. The number of hydrogen-bond donors (Lipinski definition) is 4. The second-order valence-electron chi connectivity index (χ2n) is 17.6. The van der Waals surface area contributed by atoms with Crippen LogP contribution in [0.3, 0.4) is 0 Å². The molecule has 0 fully saturated rings. The first-order valence-corrected chi connectivity index (χ1v) is 23.4. The first-order chi connectivity index (χ1) is 32.6. The zero-order valence-electron chi connectivity index (χ0n) is 39.7. The molecule has 3 aromatic carbocycles. The number of benzene rings is 3. The fraction of sp³-hybridized carbons (Fsp3) is 0.385. The van der Waals surface area contributed by atoms with E-state index in [0.717, 1.165) is 36.8 Å². The van der Waals surface area contributed by atoms with Crippen LogP contribution in [0, 0.1) is 13.8 Å². The van der Waals surface area contributed by atoms with E-state index in [2.05, 4.69) is 16.0 Å². The van der Waals surface area contributed by atoms with Crippen molar-refractivity contribution in [1.82, 2.24) is 20.4 Å². The van der Waals surface area contributed by atoms with Crippen LogP contribution in [0.2, 0.25) is 0 Å². The number of esters is 1. The summed E-state index contributed by atoms with van der Waals surface area (Å²) in [6.07, 6.45) is 6.16. The van der Waals surface area contributed by atoms with Gasteiger partial charge in [-0.25, -0.2) is 4.79 Å². The van der Waals surface area contributed by atoms with Crippen LogP contribution in [0.5, 0.6) is 5.75 Å². The quantitative estimate of drug-likeness (QED) is 0.0320. The zero-order chi connectivity index (χ0) is 49.0. The van der Waals surface area contributed by atoms with Gasteiger partial charge < -0.3 is 48.8 Å². The Balaban J connectivity index is 0.887. The number of Topliss-reactive ketones (excluding diaryl/α,β-unsaturated/α-hetero) is 1. The highest BCUT2D eigenvalue weighted by Gasteiger charge is 2.54. The smallest absolute Gasteiger partial charge is 0.497 e. The van der Waals surface area contributed by atoms with Gasteiger partial charge in [-0.05, 0) is 124 Å². The van der Waals surface area contributed by atoms with Gasteiger partial charge in [0.15, 0.2) is 18.1 Å². The number of ether oxygens (including phenoxy) is 2. The lowest BCUT2D eigenvalue weighted by Crippen LogP contribution is -2.50. The minimum absolute atomic E-state index is 0.116. The number of amides is 3. The SMILES string of the molecule is COc1ccc(-c2ccc3n2[B-](F)(F)[N+]2=C(C)C(CCC(=O)NCCCCCC(=O)NCCCC[C@@H](NC(=O)[C@H](N)Cc4ccccc4)C(=O)COC(=O)c4c(C)cccc4C)=C(C)C2=C3)cc1. The van der Waals surface area contributed by atoms with Crippen LogP contribution >= 0.6 is 0 Å². The van der Waals surface area contributed by atoms with E-state index in [1.54, 1.807) is 82.5 Å². The molecular formula is C52H63BF2N6O7. The number of allylic oxidation sites excluding steroid dienone is 2. The maximum Gasteiger partial charge on any atom is 0.737 e. The van der Waals surface area contributed by atoms with Crippen LogP contribution in [0.1, 0.15) is 104 Å². The molecule has 0 saturated heterocycles. The van der Waals surface area contributed by atoms with Gasteiger partial charge in [0.2, 0.25) is 17.7 Å². The predicted octanol–water partition coefficient (Wildman–Crippen LogP) is 7.39. The van der Waals surface area contributed by atoms with Crippen LogP contribution in [-0.2, 0) is 30.3 Å². The van der Waals surface area contributed by atoms with E-state index in [4.69, 9.17) is 15.2 Å². The Hall–Kier alpha value is -6.68. The molecule has 0 unspecified atom stereocenters. The highest BCUT2D eigenvalue weighted by atomic mass is 19.2. The standard InChI is InChI=1S/C52H63BF2N6O7/c1-34-15-14-16-35(2)50(34)52(66)68-33-47(62)44(59-51(65)43(56)31-38-17-8-6-9-18-38)19-11-13-30-57-48(63)20-10-7-12-29-58-49(64)28-26-42-36(3)46-32-40-23-27-45(39-21-24-41(67-5)25-22-39)61(40)53(54,55)60(46)37(42)4/h6,8-9,14-18,21-25,27,32,43-44H,7,10-13,19-20,26,28-31,33,56H2,1-5H3,(H,57,63)(H,58,64)(H,59,65)/t43-,44-/m1/s1. The Morgan fingerprint density at radius 2 is 1.44 bits per heavy atom. The lowest BCUT2D eigenvalue weighted by atomic mass is 9.89. The second-order valence-corrected chi connectivity index (χ2v) is 17.6. The number of rotatable bonds is 24. The third kappa shape index (κ3) is 12.4. The molecular weight excluding hydrogens is 869 g/mol. The molecule has 6 rings (SSSR count). The van der Waals surface area contributed by atoms with Crippen molar-refractivity contribution in [2.45, 2.75) is 104 Å². The van der Waals surface area contributed by atoms with Gasteiger partial charge in [0, 0.05) is 61.5 Å². The minimum atomic E-state index is -4.21. The number of aromatic nitrogens is 1. The number of nitrogens with one attached hydrogen (secondary N) is 3. The van der Waals surface area contributed by atoms with Crippen molar-refractivity contribution in [3.05, 3.63) is 130 Å². The van der Waals surface area contributed by atoms with Crippen molar-refractivity contribution >= 4 is 48.2 Å². The topological polar surface area (TPSA) is 174 Å². The number of nitrogens with two attached hydrogens (primary N) is 1. The van der Waals surface area contributed by atoms with Crippen molar-refractivity contribution in [3.8, 4) is 17.0 Å². The molecule has 1 aromatic heterocycles. The van der Waals surface area contributed by atoms with E-state index in [0.29, 0.717) is 97.7 Å². The maximum atomic E-state index is 16.4. The maximum absolute atomic E-state index is 16.4. The molecule has 16 heteroatoms. The summed E-state index contributed by atoms with van der Waals surface area (Å²) in [7, 11) is 1.56. The molecule has 360 valence electrons. The first-order valence-electron chi connectivity index (χ1n) is 23.4. The molecule has 2 aliphatic heterocycles. The van der Waals surface area contributed by atoms with Gasteiger partial charge in [-0.3, -0.25) is 19.2 Å². The Morgan fingerprint density at radius 1 is 0.779 bits per heavy atom. The van der Waals surface area contributed by atoms with Gasteiger partial charge in [-0.15, -0.1) is 0 Å². The molecule has 0 spiro atoms. The van der Waals surface area contributed by atoms with Crippen LogP contribution in [-0.4, -0.2) is 90.0 Å². The molecule has 2 aliphatic rings. The molecule has 0 saturated carbocycles. The number of aryl methyl sites for hydroxylation is 2. The molecule has 4 aromatic rings. The fourth-order valence-corrected chi connectivity index (χ4v) is 8.99. The van der Waals surface area contributed by atoms with Crippen molar-refractivity contribution < 1.29 is 46.6 Å².